The zero-order chi connectivity index (χ0) is 25.1. The molecule has 0 bridgehead atoms. The minimum absolute atomic E-state index is 0.106. The van der Waals surface area contributed by atoms with E-state index in [0.717, 1.165) is 37.1 Å². The molecule has 0 aliphatic carbocycles. The van der Waals surface area contributed by atoms with Gasteiger partial charge in [-0.15, -0.1) is 0 Å². The van der Waals surface area contributed by atoms with E-state index in [0.29, 0.717) is 17.4 Å². The van der Waals surface area contributed by atoms with Gasteiger partial charge in [-0.3, -0.25) is 9.48 Å². The van der Waals surface area contributed by atoms with E-state index in [1.165, 1.54) is 12.1 Å². The Morgan fingerprint density at radius 2 is 1.94 bits per heavy atom. The van der Waals surface area contributed by atoms with Crippen LogP contribution in [0.3, 0.4) is 0 Å². The SMILES string of the molecule is CC(C)C(=O)Nc1ncc(-c2cnn(C3CCNCC3)c2)cc1OC(C)c1c(Cl)ccc(F)c1Cl. The third-order valence-electron chi connectivity index (χ3n) is 6.03. The fourth-order valence-electron chi connectivity index (χ4n) is 3.97. The molecule has 1 aromatic carbocycles. The summed E-state index contributed by atoms with van der Waals surface area (Å²) in [4.78, 5) is 16.9. The van der Waals surface area contributed by atoms with Crippen LogP contribution < -0.4 is 15.4 Å². The fourth-order valence-corrected chi connectivity index (χ4v) is 4.65. The summed E-state index contributed by atoms with van der Waals surface area (Å²) in [5.41, 5.74) is 1.96. The van der Waals surface area contributed by atoms with E-state index in [1.807, 2.05) is 10.9 Å². The molecule has 1 fully saturated rings. The van der Waals surface area contributed by atoms with Gasteiger partial charge < -0.3 is 15.4 Å². The average Bonchev–Trinajstić information content (AvgIpc) is 3.33. The maximum atomic E-state index is 14.1. The monoisotopic (exact) mass is 519 g/mol. The van der Waals surface area contributed by atoms with Crippen molar-refractivity contribution < 1.29 is 13.9 Å². The number of benzene rings is 1. The lowest BCUT2D eigenvalue weighted by Gasteiger charge is -2.22. The first-order chi connectivity index (χ1) is 16.7. The van der Waals surface area contributed by atoms with Gasteiger partial charge in [0, 0.05) is 40.0 Å². The molecule has 7 nitrogen and oxygen atoms in total. The van der Waals surface area contributed by atoms with E-state index in [4.69, 9.17) is 27.9 Å². The number of hydrogen-bond donors (Lipinski definition) is 2. The molecule has 3 aromatic rings. The number of hydrogen-bond acceptors (Lipinski definition) is 5. The van der Waals surface area contributed by atoms with Crippen molar-refractivity contribution in [2.24, 2.45) is 5.92 Å². The number of ether oxygens (including phenoxy) is 1. The third kappa shape index (κ3) is 5.77. The third-order valence-corrected chi connectivity index (χ3v) is 6.74. The Kier molecular flexibility index (Phi) is 7.94. The van der Waals surface area contributed by atoms with Crippen molar-refractivity contribution in [1.29, 1.82) is 0 Å². The Labute approximate surface area is 214 Å². The first-order valence-corrected chi connectivity index (χ1v) is 12.4. The fraction of sp³-hybridized carbons (Fsp3) is 0.400. The Balaban J connectivity index is 1.67. The molecule has 35 heavy (non-hydrogen) atoms. The highest BCUT2D eigenvalue weighted by atomic mass is 35.5. The standard InChI is InChI=1S/C25H28Cl2FN5O2/c1-14(2)25(34)32-24-21(35-15(3)22-19(26)4-5-20(28)23(22)27)10-16(11-30-24)17-12-31-33(13-17)18-6-8-29-9-7-18/h4-5,10-15,18,29H,6-9H2,1-3H3,(H,30,32,34). The van der Waals surface area contributed by atoms with Crippen molar-refractivity contribution >= 4 is 34.9 Å². The summed E-state index contributed by atoms with van der Waals surface area (Å²) in [7, 11) is 0. The average molecular weight is 520 g/mol. The molecule has 2 N–H and O–H groups in total. The molecule has 10 heteroatoms. The first kappa shape index (κ1) is 25.4. The number of rotatable bonds is 7. The summed E-state index contributed by atoms with van der Waals surface area (Å²) >= 11 is 12.5. The molecule has 1 aliphatic rings. The van der Waals surface area contributed by atoms with Crippen LogP contribution in [0.4, 0.5) is 10.2 Å². The molecular weight excluding hydrogens is 492 g/mol. The summed E-state index contributed by atoms with van der Waals surface area (Å²) in [5.74, 6) is -0.476. The van der Waals surface area contributed by atoms with Gasteiger partial charge in [0.2, 0.25) is 5.91 Å². The van der Waals surface area contributed by atoms with E-state index in [2.05, 4.69) is 20.7 Å². The number of carbonyl (C=O) groups is 1. The molecular formula is C25H28Cl2FN5O2. The van der Waals surface area contributed by atoms with Gasteiger partial charge in [-0.1, -0.05) is 37.0 Å². The smallest absolute Gasteiger partial charge is 0.228 e. The zero-order valence-electron chi connectivity index (χ0n) is 19.8. The first-order valence-electron chi connectivity index (χ1n) is 11.6. The van der Waals surface area contributed by atoms with Crippen molar-refractivity contribution in [2.45, 2.75) is 45.8 Å². The lowest BCUT2D eigenvalue weighted by atomic mass is 10.1. The van der Waals surface area contributed by atoms with Crippen LogP contribution in [0.25, 0.3) is 11.1 Å². The molecule has 1 unspecified atom stereocenters. The minimum atomic E-state index is -0.713. The number of amides is 1. The molecule has 3 heterocycles. The van der Waals surface area contributed by atoms with Crippen LogP contribution >= 0.6 is 23.2 Å². The van der Waals surface area contributed by atoms with Crippen molar-refractivity contribution in [3.8, 4) is 16.9 Å². The number of anilines is 1. The number of aromatic nitrogens is 3. The van der Waals surface area contributed by atoms with Crippen LogP contribution in [0.1, 0.15) is 51.3 Å². The molecule has 1 aliphatic heterocycles. The van der Waals surface area contributed by atoms with Crippen molar-refractivity contribution in [2.75, 3.05) is 18.4 Å². The molecule has 1 atom stereocenters. The summed E-state index contributed by atoms with van der Waals surface area (Å²) in [6, 6.07) is 4.76. The summed E-state index contributed by atoms with van der Waals surface area (Å²) in [6.07, 6.45) is 6.77. The molecule has 1 amide bonds. The maximum absolute atomic E-state index is 14.1. The van der Waals surface area contributed by atoms with Crippen LogP contribution in [0, 0.1) is 11.7 Å². The Hall–Kier alpha value is -2.68. The van der Waals surface area contributed by atoms with Gasteiger partial charge >= 0.3 is 0 Å². The van der Waals surface area contributed by atoms with Gasteiger partial charge in [0.15, 0.2) is 11.6 Å². The highest BCUT2D eigenvalue weighted by Crippen LogP contribution is 2.38. The molecule has 186 valence electrons. The van der Waals surface area contributed by atoms with Crippen LogP contribution in [0.5, 0.6) is 5.75 Å². The summed E-state index contributed by atoms with van der Waals surface area (Å²) < 4.78 is 22.3. The van der Waals surface area contributed by atoms with Gasteiger partial charge in [0.05, 0.1) is 17.3 Å². The van der Waals surface area contributed by atoms with Gasteiger partial charge in [-0.25, -0.2) is 9.37 Å². The predicted octanol–water partition coefficient (Wildman–Crippen LogP) is 6.05. The van der Waals surface area contributed by atoms with E-state index < -0.39 is 11.9 Å². The quantitative estimate of drug-likeness (QED) is 0.371. The number of pyridine rings is 1. The van der Waals surface area contributed by atoms with Crippen LogP contribution in [-0.4, -0.2) is 33.8 Å². The second-order valence-corrected chi connectivity index (χ2v) is 9.71. The van der Waals surface area contributed by atoms with Gasteiger partial charge in [0.1, 0.15) is 11.9 Å². The second-order valence-electron chi connectivity index (χ2n) is 8.92. The number of halogens is 3. The van der Waals surface area contributed by atoms with E-state index in [-0.39, 0.29) is 27.7 Å². The lowest BCUT2D eigenvalue weighted by molar-refractivity contribution is -0.118. The number of carbonyl (C=O) groups excluding carboxylic acids is 1. The lowest BCUT2D eigenvalue weighted by Crippen LogP contribution is -2.29. The van der Waals surface area contributed by atoms with Crippen LogP contribution in [0.2, 0.25) is 10.0 Å². The van der Waals surface area contributed by atoms with Gasteiger partial charge in [-0.05, 0) is 51.1 Å². The van der Waals surface area contributed by atoms with E-state index in [1.54, 1.807) is 39.2 Å². The molecule has 2 aromatic heterocycles. The Morgan fingerprint density at radius 3 is 2.66 bits per heavy atom. The Bertz CT molecular complexity index is 1210. The second kappa shape index (κ2) is 10.9. The van der Waals surface area contributed by atoms with E-state index in [9.17, 15) is 9.18 Å². The topological polar surface area (TPSA) is 81.1 Å². The number of piperidine rings is 1. The maximum Gasteiger partial charge on any atom is 0.228 e. The van der Waals surface area contributed by atoms with Gasteiger partial charge in [0.25, 0.3) is 0 Å². The number of nitrogens with zero attached hydrogens (tertiary/aromatic N) is 3. The van der Waals surface area contributed by atoms with Gasteiger partial charge in [-0.2, -0.15) is 5.10 Å². The molecule has 0 saturated carbocycles. The summed E-state index contributed by atoms with van der Waals surface area (Å²) in [6.45, 7) is 7.21. The van der Waals surface area contributed by atoms with E-state index >= 15 is 0 Å². The minimum Gasteiger partial charge on any atom is -0.482 e. The molecule has 0 spiro atoms. The van der Waals surface area contributed by atoms with Crippen molar-refractivity contribution in [3.63, 3.8) is 0 Å². The zero-order valence-corrected chi connectivity index (χ0v) is 21.3. The predicted molar refractivity (Wildman–Crippen MR) is 136 cm³/mol. The highest BCUT2D eigenvalue weighted by molar-refractivity contribution is 6.36. The summed E-state index contributed by atoms with van der Waals surface area (Å²) in [5, 5.41) is 10.9. The van der Waals surface area contributed by atoms with Crippen molar-refractivity contribution in [3.05, 3.63) is 58.2 Å². The molecule has 1 saturated heterocycles. The van der Waals surface area contributed by atoms with Crippen molar-refractivity contribution in [1.82, 2.24) is 20.1 Å². The molecule has 0 radical (unpaired) electrons. The largest absolute Gasteiger partial charge is 0.482 e. The highest BCUT2D eigenvalue weighted by Gasteiger charge is 2.22. The molecule has 4 rings (SSSR count). The Morgan fingerprint density at radius 1 is 1.20 bits per heavy atom. The van der Waals surface area contributed by atoms with Crippen LogP contribution in [-0.2, 0) is 4.79 Å². The number of nitrogens with one attached hydrogen (secondary N) is 2. The normalized spacial score (nSPS) is 15.3. The van der Waals surface area contributed by atoms with Crippen LogP contribution in [0.15, 0.2) is 36.8 Å².